The van der Waals surface area contributed by atoms with Gasteiger partial charge in [0.05, 0.1) is 13.0 Å². The molecule has 6 heteroatoms. The van der Waals surface area contributed by atoms with Gasteiger partial charge >= 0.3 is 11.9 Å². The number of hydrogen-bond acceptors (Lipinski definition) is 3. The first-order chi connectivity index (χ1) is 8.38. The van der Waals surface area contributed by atoms with Crippen LogP contribution in [0.2, 0.25) is 0 Å². The summed E-state index contributed by atoms with van der Waals surface area (Å²) in [6, 6.07) is 5.65. The van der Waals surface area contributed by atoms with Crippen LogP contribution in [0.1, 0.15) is 12.0 Å². The van der Waals surface area contributed by atoms with Crippen LogP contribution in [-0.2, 0) is 9.53 Å². The minimum atomic E-state index is -3.35. The number of anilines is 1. The van der Waals surface area contributed by atoms with Crippen molar-refractivity contribution in [3.05, 3.63) is 28.2 Å². The molecular formula is C12H12BrF2NO2. The topological polar surface area (TPSA) is 38.3 Å². The standard InChI is InChI=1S/C12H12BrF2NO2/c1-7-2-3-8(13)4-10(7)16-6-9-5-12(14,15)11(17)18-9/h2-4,9,16H,5-6H2,1H3. The molecule has 0 saturated carbocycles. The molecule has 1 N–H and O–H groups in total. The van der Waals surface area contributed by atoms with Gasteiger partial charge in [0.15, 0.2) is 0 Å². The second kappa shape index (κ2) is 4.84. The van der Waals surface area contributed by atoms with Crippen molar-refractivity contribution < 1.29 is 18.3 Å². The molecule has 1 fully saturated rings. The first-order valence-electron chi connectivity index (χ1n) is 5.47. The summed E-state index contributed by atoms with van der Waals surface area (Å²) in [5.74, 6) is -4.78. The molecule has 1 heterocycles. The Morgan fingerprint density at radius 3 is 2.89 bits per heavy atom. The number of nitrogens with one attached hydrogen (secondary N) is 1. The van der Waals surface area contributed by atoms with Crippen LogP contribution in [0.3, 0.4) is 0 Å². The van der Waals surface area contributed by atoms with Crippen LogP contribution in [0.25, 0.3) is 0 Å². The summed E-state index contributed by atoms with van der Waals surface area (Å²) in [5.41, 5.74) is 1.82. The average molecular weight is 320 g/mol. The molecule has 0 amide bonds. The molecule has 1 aromatic rings. The fraction of sp³-hybridized carbons (Fsp3) is 0.417. The Morgan fingerprint density at radius 2 is 2.28 bits per heavy atom. The van der Waals surface area contributed by atoms with Gasteiger partial charge < -0.3 is 10.1 Å². The van der Waals surface area contributed by atoms with Gasteiger partial charge in [-0.1, -0.05) is 22.0 Å². The molecular weight excluding hydrogens is 308 g/mol. The van der Waals surface area contributed by atoms with Crippen LogP contribution < -0.4 is 5.32 Å². The molecule has 18 heavy (non-hydrogen) atoms. The lowest BCUT2D eigenvalue weighted by Crippen LogP contribution is -2.22. The lowest BCUT2D eigenvalue weighted by Gasteiger charge is -2.13. The van der Waals surface area contributed by atoms with Crippen molar-refractivity contribution in [2.24, 2.45) is 0 Å². The van der Waals surface area contributed by atoms with Crippen molar-refractivity contribution in [1.82, 2.24) is 0 Å². The van der Waals surface area contributed by atoms with Crippen molar-refractivity contribution >= 4 is 27.6 Å². The van der Waals surface area contributed by atoms with E-state index in [4.69, 9.17) is 0 Å². The predicted octanol–water partition coefficient (Wildman–Crippen LogP) is 3.12. The van der Waals surface area contributed by atoms with E-state index in [-0.39, 0.29) is 6.54 Å². The fourth-order valence-electron chi connectivity index (χ4n) is 1.77. The predicted molar refractivity (Wildman–Crippen MR) is 66.8 cm³/mol. The third-order valence-corrected chi connectivity index (χ3v) is 3.27. The molecule has 1 aliphatic rings. The summed E-state index contributed by atoms with van der Waals surface area (Å²) in [6.07, 6.45) is -1.35. The quantitative estimate of drug-likeness (QED) is 0.870. The maximum absolute atomic E-state index is 12.9. The summed E-state index contributed by atoms with van der Waals surface area (Å²) >= 11 is 3.33. The van der Waals surface area contributed by atoms with Crippen LogP contribution >= 0.6 is 15.9 Å². The van der Waals surface area contributed by atoms with Gasteiger partial charge in [-0.15, -0.1) is 0 Å². The van der Waals surface area contributed by atoms with Crippen LogP contribution in [0.5, 0.6) is 0 Å². The van der Waals surface area contributed by atoms with Crippen molar-refractivity contribution in [1.29, 1.82) is 0 Å². The van der Waals surface area contributed by atoms with E-state index in [0.29, 0.717) is 0 Å². The first kappa shape index (κ1) is 13.3. The highest BCUT2D eigenvalue weighted by Gasteiger charge is 2.50. The van der Waals surface area contributed by atoms with Gasteiger partial charge in [0.2, 0.25) is 0 Å². The van der Waals surface area contributed by atoms with Gasteiger partial charge in [-0.3, -0.25) is 0 Å². The van der Waals surface area contributed by atoms with Gasteiger partial charge in [-0.2, -0.15) is 8.78 Å². The number of rotatable bonds is 3. The molecule has 2 rings (SSSR count). The Kier molecular flexibility index (Phi) is 3.56. The van der Waals surface area contributed by atoms with Crippen molar-refractivity contribution in [3.63, 3.8) is 0 Å². The van der Waals surface area contributed by atoms with Gasteiger partial charge in [-0.05, 0) is 24.6 Å². The zero-order valence-electron chi connectivity index (χ0n) is 9.67. The van der Waals surface area contributed by atoms with E-state index in [9.17, 15) is 13.6 Å². The second-order valence-corrected chi connectivity index (χ2v) is 5.19. The highest BCUT2D eigenvalue weighted by molar-refractivity contribution is 9.10. The smallest absolute Gasteiger partial charge is 0.377 e. The summed E-state index contributed by atoms with van der Waals surface area (Å²) < 4.78 is 31.4. The Hall–Kier alpha value is -1.17. The summed E-state index contributed by atoms with van der Waals surface area (Å²) in [5, 5.41) is 3.01. The van der Waals surface area contributed by atoms with E-state index in [2.05, 4.69) is 26.0 Å². The van der Waals surface area contributed by atoms with Gasteiger partial charge in [-0.25, -0.2) is 4.79 Å². The van der Waals surface area contributed by atoms with E-state index >= 15 is 0 Å². The first-order valence-corrected chi connectivity index (χ1v) is 6.27. The Labute approximate surface area is 112 Å². The number of aryl methyl sites for hydroxylation is 1. The molecule has 0 aromatic heterocycles. The number of carbonyl (C=O) groups excluding carboxylic acids is 1. The third-order valence-electron chi connectivity index (χ3n) is 2.78. The monoisotopic (exact) mass is 319 g/mol. The highest BCUT2D eigenvalue weighted by Crippen LogP contribution is 2.31. The van der Waals surface area contributed by atoms with E-state index in [1.54, 1.807) is 0 Å². The zero-order valence-corrected chi connectivity index (χ0v) is 11.3. The van der Waals surface area contributed by atoms with Crippen LogP contribution in [0.4, 0.5) is 14.5 Å². The largest absolute Gasteiger partial charge is 0.456 e. The molecule has 1 aromatic carbocycles. The number of carbonyl (C=O) groups is 1. The van der Waals surface area contributed by atoms with Gasteiger partial charge in [0.25, 0.3) is 0 Å². The van der Waals surface area contributed by atoms with E-state index in [0.717, 1.165) is 15.7 Å². The van der Waals surface area contributed by atoms with Crippen LogP contribution in [0.15, 0.2) is 22.7 Å². The van der Waals surface area contributed by atoms with E-state index < -0.39 is 24.4 Å². The summed E-state index contributed by atoms with van der Waals surface area (Å²) in [4.78, 5) is 10.8. The maximum atomic E-state index is 12.9. The van der Waals surface area contributed by atoms with Crippen LogP contribution in [-0.4, -0.2) is 24.5 Å². The number of cyclic esters (lactones) is 1. The lowest BCUT2D eigenvalue weighted by atomic mass is 10.1. The fourth-order valence-corrected chi connectivity index (χ4v) is 2.13. The summed E-state index contributed by atoms with van der Waals surface area (Å²) in [7, 11) is 0. The molecule has 1 saturated heterocycles. The second-order valence-electron chi connectivity index (χ2n) is 4.28. The minimum absolute atomic E-state index is 0.179. The minimum Gasteiger partial charge on any atom is -0.456 e. The SMILES string of the molecule is Cc1ccc(Br)cc1NCC1CC(F)(F)C(=O)O1. The van der Waals surface area contributed by atoms with E-state index in [1.807, 2.05) is 25.1 Å². The van der Waals surface area contributed by atoms with E-state index in [1.165, 1.54) is 0 Å². The molecule has 0 radical (unpaired) electrons. The molecule has 1 unspecified atom stereocenters. The van der Waals surface area contributed by atoms with Gasteiger partial charge in [0.1, 0.15) is 6.10 Å². The Balaban J connectivity index is 1.97. The lowest BCUT2D eigenvalue weighted by molar-refractivity contribution is -0.158. The normalized spacial score (nSPS) is 21.8. The number of halogens is 3. The molecule has 0 bridgehead atoms. The molecule has 3 nitrogen and oxygen atoms in total. The van der Waals surface area contributed by atoms with Gasteiger partial charge in [0, 0.05) is 10.2 Å². The third kappa shape index (κ3) is 2.80. The van der Waals surface area contributed by atoms with Crippen LogP contribution in [0, 0.1) is 6.92 Å². The molecule has 0 spiro atoms. The maximum Gasteiger partial charge on any atom is 0.377 e. The molecule has 0 aliphatic carbocycles. The highest BCUT2D eigenvalue weighted by atomic mass is 79.9. The Bertz CT molecular complexity index is 479. The van der Waals surface area contributed by atoms with Crippen molar-refractivity contribution in [3.8, 4) is 0 Å². The van der Waals surface area contributed by atoms with Crippen molar-refractivity contribution in [2.75, 3.05) is 11.9 Å². The number of hydrogen-bond donors (Lipinski definition) is 1. The summed E-state index contributed by atoms with van der Waals surface area (Å²) in [6.45, 7) is 2.09. The number of esters is 1. The Morgan fingerprint density at radius 1 is 1.56 bits per heavy atom. The molecule has 98 valence electrons. The number of benzene rings is 1. The molecule has 1 atom stereocenters. The molecule has 1 aliphatic heterocycles. The number of alkyl halides is 2. The zero-order chi connectivity index (χ0) is 13.3. The van der Waals surface area contributed by atoms with Crippen molar-refractivity contribution in [2.45, 2.75) is 25.4 Å². The average Bonchev–Trinajstić information content (AvgIpc) is 2.54. The number of ether oxygens (including phenoxy) is 1.